The number of hydrogen-bond acceptors (Lipinski definition) is 2. The molecule has 1 aliphatic carbocycles. The molecule has 0 radical (unpaired) electrons. The van der Waals surface area contributed by atoms with Crippen LogP contribution >= 0.6 is 0 Å². The van der Waals surface area contributed by atoms with E-state index in [1.165, 1.54) is 0 Å². The number of carbonyl (C=O) groups is 1. The van der Waals surface area contributed by atoms with Gasteiger partial charge >= 0.3 is 6.03 Å². The number of benzene rings is 1. The summed E-state index contributed by atoms with van der Waals surface area (Å²) in [4.78, 5) is 11.6. The SMILES string of the molecule is O=C(NCc1cc(F)ccc1F)N[C@@H]1C=C[C@H](CO)C1. The summed E-state index contributed by atoms with van der Waals surface area (Å²) in [6, 6.07) is 2.49. The number of halogens is 2. The Kier molecular flexibility index (Phi) is 4.68. The Morgan fingerprint density at radius 2 is 2.15 bits per heavy atom. The lowest BCUT2D eigenvalue weighted by atomic mass is 10.1. The Morgan fingerprint density at radius 3 is 2.85 bits per heavy atom. The Labute approximate surface area is 115 Å². The monoisotopic (exact) mass is 282 g/mol. The first kappa shape index (κ1) is 14.5. The largest absolute Gasteiger partial charge is 0.396 e. The lowest BCUT2D eigenvalue weighted by Gasteiger charge is -2.13. The van der Waals surface area contributed by atoms with Crippen molar-refractivity contribution in [3.63, 3.8) is 0 Å². The first-order valence-corrected chi connectivity index (χ1v) is 6.36. The fourth-order valence-corrected chi connectivity index (χ4v) is 2.09. The number of amides is 2. The van der Waals surface area contributed by atoms with Crippen LogP contribution in [0.1, 0.15) is 12.0 Å². The van der Waals surface area contributed by atoms with Gasteiger partial charge in [0.25, 0.3) is 0 Å². The summed E-state index contributed by atoms with van der Waals surface area (Å²) in [5.74, 6) is -1.05. The molecule has 3 N–H and O–H groups in total. The van der Waals surface area contributed by atoms with Crippen LogP contribution in [0.4, 0.5) is 13.6 Å². The summed E-state index contributed by atoms with van der Waals surface area (Å²) >= 11 is 0. The molecule has 1 aromatic carbocycles. The van der Waals surface area contributed by atoms with Crippen LogP contribution in [0.15, 0.2) is 30.4 Å². The minimum atomic E-state index is -0.562. The molecule has 2 rings (SSSR count). The number of aliphatic hydroxyl groups excluding tert-OH is 1. The molecule has 0 bridgehead atoms. The highest BCUT2D eigenvalue weighted by molar-refractivity contribution is 5.74. The number of carbonyl (C=O) groups excluding carboxylic acids is 1. The number of rotatable bonds is 4. The minimum absolute atomic E-state index is 0.0464. The molecule has 0 saturated heterocycles. The highest BCUT2D eigenvalue weighted by atomic mass is 19.1. The van der Waals surface area contributed by atoms with Crippen molar-refractivity contribution in [2.45, 2.75) is 19.0 Å². The maximum atomic E-state index is 13.3. The van der Waals surface area contributed by atoms with Gasteiger partial charge in [-0.2, -0.15) is 0 Å². The first-order chi connectivity index (χ1) is 9.58. The molecule has 0 heterocycles. The van der Waals surface area contributed by atoms with Crippen molar-refractivity contribution in [2.75, 3.05) is 6.61 Å². The van der Waals surface area contributed by atoms with E-state index in [0.717, 1.165) is 18.2 Å². The van der Waals surface area contributed by atoms with Crippen LogP contribution in [-0.2, 0) is 6.54 Å². The van der Waals surface area contributed by atoms with Gasteiger partial charge in [-0.1, -0.05) is 12.2 Å². The zero-order valence-corrected chi connectivity index (χ0v) is 10.8. The van der Waals surface area contributed by atoms with Crippen molar-refractivity contribution in [2.24, 2.45) is 5.92 Å². The van der Waals surface area contributed by atoms with Gasteiger partial charge in [0.2, 0.25) is 0 Å². The van der Waals surface area contributed by atoms with Gasteiger partial charge in [-0.05, 0) is 24.6 Å². The van der Waals surface area contributed by atoms with Gasteiger partial charge in [-0.15, -0.1) is 0 Å². The van der Waals surface area contributed by atoms with E-state index in [4.69, 9.17) is 5.11 Å². The molecular weight excluding hydrogens is 266 g/mol. The van der Waals surface area contributed by atoms with Crippen LogP contribution in [0.5, 0.6) is 0 Å². The second-order valence-corrected chi connectivity index (χ2v) is 4.73. The van der Waals surface area contributed by atoms with Crippen molar-refractivity contribution in [3.05, 3.63) is 47.5 Å². The summed E-state index contributed by atoms with van der Waals surface area (Å²) < 4.78 is 26.3. The first-order valence-electron chi connectivity index (χ1n) is 6.36. The van der Waals surface area contributed by atoms with E-state index < -0.39 is 17.7 Å². The fourth-order valence-electron chi connectivity index (χ4n) is 2.09. The summed E-state index contributed by atoms with van der Waals surface area (Å²) in [6.45, 7) is -0.0416. The maximum absolute atomic E-state index is 13.3. The number of hydrogen-bond donors (Lipinski definition) is 3. The second kappa shape index (κ2) is 6.47. The molecule has 2 amide bonds. The lowest BCUT2D eigenvalue weighted by molar-refractivity contribution is 0.231. The zero-order valence-electron chi connectivity index (χ0n) is 10.8. The topological polar surface area (TPSA) is 61.4 Å². The van der Waals surface area contributed by atoms with E-state index in [1.807, 2.05) is 12.2 Å². The third-order valence-electron chi connectivity index (χ3n) is 3.17. The highest BCUT2D eigenvalue weighted by Crippen LogP contribution is 2.16. The second-order valence-electron chi connectivity index (χ2n) is 4.73. The Hall–Kier alpha value is -1.95. The average Bonchev–Trinajstić information content (AvgIpc) is 2.87. The van der Waals surface area contributed by atoms with Crippen molar-refractivity contribution in [3.8, 4) is 0 Å². The van der Waals surface area contributed by atoms with Gasteiger partial charge in [0.1, 0.15) is 11.6 Å². The van der Waals surface area contributed by atoms with Crippen LogP contribution in [0.2, 0.25) is 0 Å². The third kappa shape index (κ3) is 3.77. The summed E-state index contributed by atoms with van der Waals surface area (Å²) in [7, 11) is 0. The predicted octanol–water partition coefficient (Wildman–Crippen LogP) is 1.70. The molecule has 4 nitrogen and oxygen atoms in total. The zero-order chi connectivity index (χ0) is 14.5. The van der Waals surface area contributed by atoms with E-state index in [-0.39, 0.29) is 30.7 Å². The van der Waals surface area contributed by atoms with E-state index in [0.29, 0.717) is 6.42 Å². The van der Waals surface area contributed by atoms with E-state index in [1.54, 1.807) is 0 Å². The van der Waals surface area contributed by atoms with Crippen LogP contribution in [0, 0.1) is 17.6 Å². The van der Waals surface area contributed by atoms with E-state index in [2.05, 4.69) is 10.6 Å². The minimum Gasteiger partial charge on any atom is -0.396 e. The Bertz CT molecular complexity index is 520. The molecule has 2 atom stereocenters. The van der Waals surface area contributed by atoms with Crippen molar-refractivity contribution < 1.29 is 18.7 Å². The molecule has 1 aromatic rings. The van der Waals surface area contributed by atoms with Crippen LogP contribution in [0.25, 0.3) is 0 Å². The smallest absolute Gasteiger partial charge is 0.315 e. The average molecular weight is 282 g/mol. The lowest BCUT2D eigenvalue weighted by Crippen LogP contribution is -2.40. The number of aliphatic hydroxyl groups is 1. The Balaban J connectivity index is 1.81. The summed E-state index contributed by atoms with van der Waals surface area (Å²) in [5.41, 5.74) is 0.0929. The molecule has 1 aliphatic rings. The highest BCUT2D eigenvalue weighted by Gasteiger charge is 2.19. The van der Waals surface area contributed by atoms with Crippen LogP contribution in [0.3, 0.4) is 0 Å². The van der Waals surface area contributed by atoms with E-state index >= 15 is 0 Å². The molecule has 6 heteroatoms. The predicted molar refractivity (Wildman–Crippen MR) is 69.9 cm³/mol. The quantitative estimate of drug-likeness (QED) is 0.736. The van der Waals surface area contributed by atoms with Crippen LogP contribution < -0.4 is 10.6 Å². The Morgan fingerprint density at radius 1 is 1.35 bits per heavy atom. The van der Waals surface area contributed by atoms with E-state index in [9.17, 15) is 13.6 Å². The molecular formula is C14H16F2N2O2. The number of nitrogens with one attached hydrogen (secondary N) is 2. The fraction of sp³-hybridized carbons (Fsp3) is 0.357. The van der Waals surface area contributed by atoms with Crippen molar-refractivity contribution >= 4 is 6.03 Å². The maximum Gasteiger partial charge on any atom is 0.315 e. The molecule has 0 unspecified atom stereocenters. The van der Waals surface area contributed by atoms with Gasteiger partial charge in [0.05, 0.1) is 0 Å². The van der Waals surface area contributed by atoms with Gasteiger partial charge in [-0.25, -0.2) is 13.6 Å². The molecule has 0 aliphatic heterocycles. The van der Waals surface area contributed by atoms with Crippen LogP contribution in [-0.4, -0.2) is 23.8 Å². The van der Waals surface area contributed by atoms with Gasteiger partial charge in [0.15, 0.2) is 0 Å². The molecule has 0 aromatic heterocycles. The van der Waals surface area contributed by atoms with Gasteiger partial charge < -0.3 is 15.7 Å². The third-order valence-corrected chi connectivity index (χ3v) is 3.17. The number of urea groups is 1. The molecule has 0 fully saturated rings. The molecule has 20 heavy (non-hydrogen) atoms. The molecule has 0 spiro atoms. The van der Waals surface area contributed by atoms with Gasteiger partial charge in [0, 0.05) is 30.7 Å². The standard InChI is InChI=1S/C14H16F2N2O2/c15-11-2-4-13(16)10(6-11)7-17-14(20)18-12-3-1-9(5-12)8-19/h1-4,6,9,12,19H,5,7-8H2,(H2,17,18,20)/t9-,12+/m0/s1. The summed E-state index contributed by atoms with van der Waals surface area (Å²) in [6.07, 6.45) is 4.29. The molecule has 0 saturated carbocycles. The van der Waals surface area contributed by atoms with Crippen molar-refractivity contribution in [1.29, 1.82) is 0 Å². The van der Waals surface area contributed by atoms with Crippen molar-refractivity contribution in [1.82, 2.24) is 10.6 Å². The summed E-state index contributed by atoms with van der Waals surface area (Å²) in [5, 5.41) is 14.1. The normalized spacial score (nSPS) is 20.9. The molecule has 108 valence electrons. The van der Waals surface area contributed by atoms with Gasteiger partial charge in [-0.3, -0.25) is 0 Å².